The first-order chi connectivity index (χ1) is 9.81. The molecule has 110 valence electrons. The summed E-state index contributed by atoms with van der Waals surface area (Å²) in [6, 6.07) is 2.12. The van der Waals surface area contributed by atoms with Gasteiger partial charge in [0.25, 0.3) is 0 Å². The third kappa shape index (κ3) is 3.46. The molecule has 2 saturated heterocycles. The number of nitrogens with one attached hydrogen (secondary N) is 2. The third-order valence-electron chi connectivity index (χ3n) is 4.15. The maximum absolute atomic E-state index is 5.64. The highest BCUT2D eigenvalue weighted by Crippen LogP contribution is 2.25. The first kappa shape index (κ1) is 13.8. The highest BCUT2D eigenvalue weighted by molar-refractivity contribution is 5.37. The second-order valence-corrected chi connectivity index (χ2v) is 5.77. The van der Waals surface area contributed by atoms with Crippen molar-refractivity contribution in [3.8, 4) is 0 Å². The number of anilines is 1. The van der Waals surface area contributed by atoms with Crippen molar-refractivity contribution in [3.63, 3.8) is 0 Å². The van der Waals surface area contributed by atoms with Gasteiger partial charge < -0.3 is 15.4 Å². The first-order valence-electron chi connectivity index (χ1n) is 7.73. The minimum Gasteiger partial charge on any atom is -0.376 e. The Morgan fingerprint density at radius 2 is 2.15 bits per heavy atom. The average Bonchev–Trinajstić information content (AvgIpc) is 2.99. The Balaban J connectivity index is 1.65. The normalized spacial score (nSPS) is 23.9. The molecule has 0 saturated carbocycles. The molecule has 3 rings (SSSR count). The molecule has 0 bridgehead atoms. The van der Waals surface area contributed by atoms with Crippen LogP contribution in [-0.4, -0.2) is 42.3 Å². The van der Waals surface area contributed by atoms with E-state index in [0.29, 0.717) is 12.0 Å². The smallest absolute Gasteiger partial charge is 0.130 e. The van der Waals surface area contributed by atoms with Crippen LogP contribution in [0.15, 0.2) is 6.07 Å². The van der Waals surface area contributed by atoms with E-state index in [4.69, 9.17) is 4.74 Å². The highest BCUT2D eigenvalue weighted by atomic mass is 16.5. The van der Waals surface area contributed by atoms with Crippen LogP contribution in [-0.2, 0) is 4.74 Å². The molecule has 0 spiro atoms. The second-order valence-electron chi connectivity index (χ2n) is 5.77. The SMILES string of the molecule is Cc1nc(NC[C@@H]2CCCO2)cc(C2CCNCC2)n1. The van der Waals surface area contributed by atoms with Crippen LogP contribution in [0.5, 0.6) is 0 Å². The average molecular weight is 276 g/mol. The number of aryl methyl sites for hydroxylation is 1. The molecule has 3 heterocycles. The Morgan fingerprint density at radius 1 is 1.30 bits per heavy atom. The van der Waals surface area contributed by atoms with Crippen molar-refractivity contribution < 1.29 is 4.74 Å². The fourth-order valence-electron chi connectivity index (χ4n) is 3.03. The quantitative estimate of drug-likeness (QED) is 0.879. The van der Waals surface area contributed by atoms with Gasteiger partial charge in [-0.15, -0.1) is 0 Å². The summed E-state index contributed by atoms with van der Waals surface area (Å²) in [6.45, 7) is 5.90. The minimum absolute atomic E-state index is 0.340. The van der Waals surface area contributed by atoms with E-state index in [2.05, 4.69) is 26.7 Å². The monoisotopic (exact) mass is 276 g/mol. The van der Waals surface area contributed by atoms with Crippen molar-refractivity contribution >= 4 is 5.82 Å². The molecular formula is C15H24N4O. The summed E-state index contributed by atoms with van der Waals surface area (Å²) >= 11 is 0. The van der Waals surface area contributed by atoms with Crippen LogP contribution in [0.1, 0.15) is 43.1 Å². The van der Waals surface area contributed by atoms with Crippen molar-refractivity contribution in [3.05, 3.63) is 17.6 Å². The van der Waals surface area contributed by atoms with Gasteiger partial charge in [-0.2, -0.15) is 0 Å². The van der Waals surface area contributed by atoms with E-state index in [9.17, 15) is 0 Å². The predicted octanol–water partition coefficient (Wildman–Crippen LogP) is 1.84. The molecule has 1 aromatic rings. The largest absolute Gasteiger partial charge is 0.376 e. The van der Waals surface area contributed by atoms with Crippen molar-refractivity contribution in [2.75, 3.05) is 31.6 Å². The van der Waals surface area contributed by atoms with Crippen molar-refractivity contribution in [2.45, 2.75) is 44.6 Å². The van der Waals surface area contributed by atoms with Gasteiger partial charge in [-0.05, 0) is 45.7 Å². The van der Waals surface area contributed by atoms with Crippen molar-refractivity contribution in [1.82, 2.24) is 15.3 Å². The summed E-state index contributed by atoms with van der Waals surface area (Å²) in [6.07, 6.45) is 5.00. The van der Waals surface area contributed by atoms with Crippen molar-refractivity contribution in [1.29, 1.82) is 0 Å². The van der Waals surface area contributed by atoms with E-state index in [-0.39, 0.29) is 0 Å². The summed E-state index contributed by atoms with van der Waals surface area (Å²) in [5.41, 5.74) is 1.19. The van der Waals surface area contributed by atoms with Crippen LogP contribution in [0.3, 0.4) is 0 Å². The molecule has 0 radical (unpaired) electrons. The Morgan fingerprint density at radius 3 is 2.90 bits per heavy atom. The van der Waals surface area contributed by atoms with E-state index < -0.39 is 0 Å². The molecule has 5 nitrogen and oxygen atoms in total. The lowest BCUT2D eigenvalue weighted by Crippen LogP contribution is -2.27. The van der Waals surface area contributed by atoms with Gasteiger partial charge in [0, 0.05) is 30.8 Å². The zero-order valence-corrected chi connectivity index (χ0v) is 12.2. The van der Waals surface area contributed by atoms with E-state index in [1.54, 1.807) is 0 Å². The maximum atomic E-state index is 5.64. The molecule has 2 N–H and O–H groups in total. The van der Waals surface area contributed by atoms with Crippen LogP contribution in [0, 0.1) is 6.92 Å². The fourth-order valence-corrected chi connectivity index (χ4v) is 3.03. The lowest BCUT2D eigenvalue weighted by atomic mass is 9.94. The van der Waals surface area contributed by atoms with E-state index in [1.165, 1.54) is 25.0 Å². The molecule has 1 aromatic heterocycles. The number of rotatable bonds is 4. The summed E-state index contributed by atoms with van der Waals surface area (Å²) in [5, 5.41) is 6.82. The number of hydrogen-bond donors (Lipinski definition) is 2. The Kier molecular flexibility index (Phi) is 4.47. The lowest BCUT2D eigenvalue weighted by molar-refractivity contribution is 0.120. The van der Waals surface area contributed by atoms with Crippen LogP contribution >= 0.6 is 0 Å². The lowest BCUT2D eigenvalue weighted by Gasteiger charge is -2.23. The standard InChI is InChI=1S/C15H24N4O/c1-11-18-14(12-4-6-16-7-5-12)9-15(19-11)17-10-13-3-2-8-20-13/h9,12-13,16H,2-8,10H2,1H3,(H,17,18,19)/t13-/m0/s1. The predicted molar refractivity (Wildman–Crippen MR) is 79.1 cm³/mol. The molecule has 20 heavy (non-hydrogen) atoms. The zero-order valence-electron chi connectivity index (χ0n) is 12.2. The third-order valence-corrected chi connectivity index (χ3v) is 4.15. The number of aromatic nitrogens is 2. The number of nitrogens with zero attached hydrogens (tertiary/aromatic N) is 2. The second kappa shape index (κ2) is 6.50. The van der Waals surface area contributed by atoms with Gasteiger partial charge in [-0.25, -0.2) is 9.97 Å². The van der Waals surface area contributed by atoms with Crippen molar-refractivity contribution in [2.24, 2.45) is 0 Å². The fraction of sp³-hybridized carbons (Fsp3) is 0.733. The first-order valence-corrected chi connectivity index (χ1v) is 7.73. The van der Waals surface area contributed by atoms with Crippen LogP contribution in [0.4, 0.5) is 5.82 Å². The zero-order chi connectivity index (χ0) is 13.8. The number of piperidine rings is 1. The molecule has 2 fully saturated rings. The Hall–Kier alpha value is -1.20. The number of ether oxygens (including phenoxy) is 1. The van der Waals surface area contributed by atoms with Gasteiger partial charge in [0.15, 0.2) is 0 Å². The molecule has 0 unspecified atom stereocenters. The number of hydrogen-bond acceptors (Lipinski definition) is 5. The van der Waals surface area contributed by atoms with E-state index in [1.807, 2.05) is 6.92 Å². The molecule has 0 amide bonds. The molecule has 2 aliphatic heterocycles. The Bertz CT molecular complexity index is 439. The van der Waals surface area contributed by atoms with E-state index >= 15 is 0 Å². The van der Waals surface area contributed by atoms with Crippen LogP contribution in [0.25, 0.3) is 0 Å². The topological polar surface area (TPSA) is 59.1 Å². The van der Waals surface area contributed by atoms with Gasteiger partial charge in [-0.3, -0.25) is 0 Å². The van der Waals surface area contributed by atoms with Gasteiger partial charge in [-0.1, -0.05) is 0 Å². The molecule has 0 aliphatic carbocycles. The van der Waals surface area contributed by atoms with Crippen LogP contribution < -0.4 is 10.6 Å². The van der Waals surface area contributed by atoms with E-state index in [0.717, 1.165) is 44.3 Å². The van der Waals surface area contributed by atoms with Gasteiger partial charge >= 0.3 is 0 Å². The molecule has 1 atom stereocenters. The Labute approximate surface area is 120 Å². The molecule has 0 aromatic carbocycles. The molecular weight excluding hydrogens is 252 g/mol. The maximum Gasteiger partial charge on any atom is 0.130 e. The van der Waals surface area contributed by atoms with Gasteiger partial charge in [0.05, 0.1) is 6.10 Å². The molecule has 2 aliphatic rings. The minimum atomic E-state index is 0.340. The molecule has 5 heteroatoms. The summed E-state index contributed by atoms with van der Waals surface area (Å²) in [7, 11) is 0. The summed E-state index contributed by atoms with van der Waals surface area (Å²) < 4.78 is 5.64. The van der Waals surface area contributed by atoms with Gasteiger partial charge in [0.1, 0.15) is 11.6 Å². The summed E-state index contributed by atoms with van der Waals surface area (Å²) in [5.74, 6) is 2.37. The van der Waals surface area contributed by atoms with Gasteiger partial charge in [0.2, 0.25) is 0 Å². The summed E-state index contributed by atoms with van der Waals surface area (Å²) in [4.78, 5) is 9.12. The highest BCUT2D eigenvalue weighted by Gasteiger charge is 2.19. The van der Waals surface area contributed by atoms with Crippen LogP contribution in [0.2, 0.25) is 0 Å².